The van der Waals surface area contributed by atoms with Gasteiger partial charge in [-0.25, -0.2) is 12.8 Å². The van der Waals surface area contributed by atoms with E-state index in [0.29, 0.717) is 37.5 Å². The van der Waals surface area contributed by atoms with Crippen molar-refractivity contribution in [2.45, 2.75) is 30.8 Å². The van der Waals surface area contributed by atoms with E-state index in [1.165, 1.54) is 45.6 Å². The first-order valence-electron chi connectivity index (χ1n) is 13.9. The Morgan fingerprint density at radius 1 is 0.953 bits per heavy atom. The summed E-state index contributed by atoms with van der Waals surface area (Å²) in [6.07, 6.45) is 0.592. The molecule has 1 N–H and O–H groups in total. The van der Waals surface area contributed by atoms with Crippen molar-refractivity contribution in [2.24, 2.45) is 0 Å². The van der Waals surface area contributed by atoms with Gasteiger partial charge in [-0.3, -0.25) is 9.59 Å². The summed E-state index contributed by atoms with van der Waals surface area (Å²) in [6.45, 7) is 2.91. The van der Waals surface area contributed by atoms with Crippen LogP contribution in [0.25, 0.3) is 0 Å². The summed E-state index contributed by atoms with van der Waals surface area (Å²) in [5.74, 6) is -0.178. The van der Waals surface area contributed by atoms with Crippen LogP contribution in [-0.2, 0) is 37.3 Å². The maximum atomic E-state index is 13.5. The molecule has 0 spiro atoms. The molecule has 12 heteroatoms. The van der Waals surface area contributed by atoms with Gasteiger partial charge in [0.25, 0.3) is 5.91 Å². The highest BCUT2D eigenvalue weighted by molar-refractivity contribution is 7.89. The predicted octanol–water partition coefficient (Wildman–Crippen LogP) is 3.01. The molecule has 0 bridgehead atoms. The first-order valence-corrected chi connectivity index (χ1v) is 15.4. The predicted molar refractivity (Wildman–Crippen MR) is 158 cm³/mol. The fourth-order valence-corrected chi connectivity index (χ4v) is 5.92. The number of carbonyl (C=O) groups is 2. The van der Waals surface area contributed by atoms with Gasteiger partial charge in [-0.15, -0.1) is 0 Å². The van der Waals surface area contributed by atoms with Crippen molar-refractivity contribution < 1.29 is 36.6 Å². The summed E-state index contributed by atoms with van der Waals surface area (Å²) < 4.78 is 56.7. The summed E-state index contributed by atoms with van der Waals surface area (Å²) in [7, 11) is -2.07. The molecule has 1 aliphatic rings. The van der Waals surface area contributed by atoms with Crippen molar-refractivity contribution in [3.05, 3.63) is 89.7 Å². The second-order valence-electron chi connectivity index (χ2n) is 9.99. The van der Waals surface area contributed by atoms with Crippen LogP contribution in [0.1, 0.15) is 18.1 Å². The molecular formula is C31H36FN3O7S. The zero-order valence-corrected chi connectivity index (χ0v) is 25.0. The van der Waals surface area contributed by atoms with E-state index in [-0.39, 0.29) is 37.0 Å². The van der Waals surface area contributed by atoms with Crippen LogP contribution in [0.4, 0.5) is 4.39 Å². The van der Waals surface area contributed by atoms with Gasteiger partial charge in [0.05, 0.1) is 25.2 Å². The van der Waals surface area contributed by atoms with Crippen molar-refractivity contribution in [1.82, 2.24) is 14.5 Å². The zero-order valence-electron chi connectivity index (χ0n) is 24.2. The van der Waals surface area contributed by atoms with Crippen LogP contribution in [0.2, 0.25) is 0 Å². The fraction of sp³-hybridized carbons (Fsp3) is 0.355. The Labute approximate surface area is 251 Å². The van der Waals surface area contributed by atoms with E-state index in [2.05, 4.69) is 5.32 Å². The Balaban J connectivity index is 1.38. The number of halogens is 1. The van der Waals surface area contributed by atoms with E-state index in [1.807, 2.05) is 24.3 Å². The second-order valence-corrected chi connectivity index (χ2v) is 11.9. The molecule has 43 heavy (non-hydrogen) atoms. The topological polar surface area (TPSA) is 114 Å². The summed E-state index contributed by atoms with van der Waals surface area (Å²) in [5.41, 5.74) is 1.66. The Morgan fingerprint density at radius 3 is 2.19 bits per heavy atom. The average Bonchev–Trinajstić information content (AvgIpc) is 3.04. The number of ether oxygens (including phenoxy) is 3. The van der Waals surface area contributed by atoms with Crippen LogP contribution >= 0.6 is 0 Å². The lowest BCUT2D eigenvalue weighted by Crippen LogP contribution is -2.49. The van der Waals surface area contributed by atoms with Crippen LogP contribution in [0.3, 0.4) is 0 Å². The molecule has 3 aromatic rings. The van der Waals surface area contributed by atoms with Crippen LogP contribution in [0.15, 0.2) is 77.7 Å². The molecule has 1 aliphatic heterocycles. The number of sulfonamides is 1. The van der Waals surface area contributed by atoms with Crippen molar-refractivity contribution in [3.63, 3.8) is 0 Å². The number of hydrogen-bond donors (Lipinski definition) is 1. The number of nitrogens with zero attached hydrogens (tertiary/aromatic N) is 2. The molecule has 0 aliphatic carbocycles. The van der Waals surface area contributed by atoms with E-state index >= 15 is 0 Å². The van der Waals surface area contributed by atoms with E-state index < -0.39 is 27.8 Å². The molecule has 0 radical (unpaired) electrons. The second kappa shape index (κ2) is 14.9. The minimum atomic E-state index is -3.66. The molecule has 1 heterocycles. The number of amides is 2. The summed E-state index contributed by atoms with van der Waals surface area (Å²) in [5, 5.41) is 2.88. The smallest absolute Gasteiger partial charge is 0.261 e. The first kappa shape index (κ1) is 31.9. The molecule has 3 aromatic carbocycles. The Hall–Kier alpha value is -4.00. The Morgan fingerprint density at radius 2 is 1.56 bits per heavy atom. The maximum absolute atomic E-state index is 13.5. The highest BCUT2D eigenvalue weighted by Gasteiger charge is 2.28. The third-order valence-electron chi connectivity index (χ3n) is 7.10. The minimum Gasteiger partial charge on any atom is -0.497 e. The van der Waals surface area contributed by atoms with Crippen LogP contribution in [-0.4, -0.2) is 82.0 Å². The van der Waals surface area contributed by atoms with Gasteiger partial charge < -0.3 is 24.4 Å². The molecule has 4 rings (SSSR count). The van der Waals surface area contributed by atoms with E-state index in [0.717, 1.165) is 11.3 Å². The molecule has 0 saturated carbocycles. The van der Waals surface area contributed by atoms with Gasteiger partial charge in [-0.1, -0.05) is 24.3 Å². The van der Waals surface area contributed by atoms with Crippen LogP contribution < -0.4 is 14.8 Å². The highest BCUT2D eigenvalue weighted by atomic mass is 32.2. The highest BCUT2D eigenvalue weighted by Crippen LogP contribution is 2.21. The van der Waals surface area contributed by atoms with Gasteiger partial charge in [0.2, 0.25) is 15.9 Å². The van der Waals surface area contributed by atoms with Crippen molar-refractivity contribution in [1.29, 1.82) is 0 Å². The van der Waals surface area contributed by atoms with Crippen molar-refractivity contribution in [2.75, 3.05) is 46.6 Å². The van der Waals surface area contributed by atoms with E-state index in [4.69, 9.17) is 14.2 Å². The Kier molecular flexibility index (Phi) is 11.1. The van der Waals surface area contributed by atoms with Crippen molar-refractivity contribution >= 4 is 21.8 Å². The van der Waals surface area contributed by atoms with Gasteiger partial charge in [-0.2, -0.15) is 4.31 Å². The third kappa shape index (κ3) is 8.76. The fourth-order valence-electron chi connectivity index (χ4n) is 4.51. The minimum absolute atomic E-state index is 0.0618. The van der Waals surface area contributed by atoms with E-state index in [1.54, 1.807) is 26.2 Å². The van der Waals surface area contributed by atoms with Crippen LogP contribution in [0.5, 0.6) is 11.5 Å². The molecule has 230 valence electrons. The van der Waals surface area contributed by atoms with Gasteiger partial charge in [-0.05, 0) is 73.0 Å². The summed E-state index contributed by atoms with van der Waals surface area (Å²) in [4.78, 5) is 27.9. The molecule has 10 nitrogen and oxygen atoms in total. The number of rotatable bonds is 13. The normalized spacial score (nSPS) is 14.5. The Bertz CT molecular complexity index is 1460. The molecule has 1 fully saturated rings. The lowest BCUT2D eigenvalue weighted by atomic mass is 10.1. The number of methoxy groups -OCH3 is 1. The van der Waals surface area contributed by atoms with Crippen LogP contribution in [0, 0.1) is 5.82 Å². The van der Waals surface area contributed by atoms with Gasteiger partial charge in [0.1, 0.15) is 23.4 Å². The van der Waals surface area contributed by atoms with Crippen molar-refractivity contribution in [3.8, 4) is 11.5 Å². The molecule has 0 aromatic heterocycles. The summed E-state index contributed by atoms with van der Waals surface area (Å²) >= 11 is 0. The number of hydrogen-bond acceptors (Lipinski definition) is 7. The number of carbonyl (C=O) groups excluding carboxylic acids is 2. The number of benzene rings is 3. The maximum Gasteiger partial charge on any atom is 0.261 e. The van der Waals surface area contributed by atoms with Gasteiger partial charge in [0, 0.05) is 26.2 Å². The van der Waals surface area contributed by atoms with Gasteiger partial charge in [0.15, 0.2) is 6.61 Å². The summed E-state index contributed by atoms with van der Waals surface area (Å²) in [6, 6.07) is 18.2. The number of morpholine rings is 1. The molecule has 2 amide bonds. The molecule has 1 atom stereocenters. The van der Waals surface area contributed by atoms with E-state index in [9.17, 15) is 22.4 Å². The standard InChI is InChI=1S/C31H36FN3O7S/c1-23(31(37)33-16-15-24-5-9-27(40-2)10-6-24)35(21-25-3-7-26(32)8-4-25)30(36)22-42-28-11-13-29(14-12-28)43(38,39)34-17-19-41-20-18-34/h3-14,23H,15-22H2,1-2H3,(H,33,37). The molecule has 1 unspecified atom stereocenters. The van der Waals surface area contributed by atoms with Gasteiger partial charge >= 0.3 is 0 Å². The lowest BCUT2D eigenvalue weighted by Gasteiger charge is -2.29. The molecular weight excluding hydrogens is 577 g/mol. The largest absolute Gasteiger partial charge is 0.497 e. The number of nitrogens with one attached hydrogen (secondary N) is 1. The lowest BCUT2D eigenvalue weighted by molar-refractivity contribution is -0.142. The third-order valence-corrected chi connectivity index (χ3v) is 9.01. The quantitative estimate of drug-likeness (QED) is 0.315. The molecule has 1 saturated heterocycles. The monoisotopic (exact) mass is 613 g/mol. The zero-order chi connectivity index (χ0) is 30.8. The SMILES string of the molecule is COc1ccc(CCNC(=O)C(C)N(Cc2ccc(F)cc2)C(=O)COc2ccc(S(=O)(=O)N3CCOCC3)cc2)cc1. The average molecular weight is 614 g/mol. The first-order chi connectivity index (χ1) is 20.7.